The molecule has 2 unspecified atom stereocenters. The Labute approximate surface area is 141 Å². The van der Waals surface area contributed by atoms with Crippen molar-refractivity contribution in [1.82, 2.24) is 10.2 Å². The van der Waals surface area contributed by atoms with Crippen LogP contribution in [-0.2, 0) is 6.54 Å². The van der Waals surface area contributed by atoms with E-state index in [2.05, 4.69) is 19.2 Å². The van der Waals surface area contributed by atoms with Gasteiger partial charge >= 0.3 is 6.03 Å². The molecule has 0 aliphatic carbocycles. The molecule has 0 bridgehead atoms. The second-order valence-corrected chi connectivity index (χ2v) is 7.02. The van der Waals surface area contributed by atoms with Gasteiger partial charge in [0.15, 0.2) is 11.5 Å². The van der Waals surface area contributed by atoms with E-state index in [1.165, 1.54) is 6.42 Å². The minimum absolute atomic E-state index is 0.0191. The fraction of sp³-hybridized carbons (Fsp3) is 0.588. The van der Waals surface area contributed by atoms with Crippen LogP contribution in [0, 0.1) is 11.8 Å². The van der Waals surface area contributed by atoms with Crippen LogP contribution in [-0.4, -0.2) is 37.2 Å². The SMILES string of the molecule is CC1CC(C)CN(C(=O)NCc2cc(Cl)c3c(c2)OCCO3)C1. The van der Waals surface area contributed by atoms with Gasteiger partial charge in [-0.2, -0.15) is 0 Å². The molecular formula is C17H23ClN2O3. The van der Waals surface area contributed by atoms with Crippen molar-refractivity contribution in [3.8, 4) is 11.5 Å². The van der Waals surface area contributed by atoms with E-state index in [1.807, 2.05) is 17.0 Å². The van der Waals surface area contributed by atoms with Crippen molar-refractivity contribution in [3.63, 3.8) is 0 Å². The number of nitrogens with zero attached hydrogens (tertiary/aromatic N) is 1. The highest BCUT2D eigenvalue weighted by molar-refractivity contribution is 6.32. The van der Waals surface area contributed by atoms with E-state index in [-0.39, 0.29) is 6.03 Å². The molecule has 6 heteroatoms. The molecule has 1 aromatic carbocycles. The smallest absolute Gasteiger partial charge is 0.317 e. The number of nitrogens with one attached hydrogen (secondary N) is 1. The van der Waals surface area contributed by atoms with Gasteiger partial charge in [0.05, 0.1) is 5.02 Å². The van der Waals surface area contributed by atoms with E-state index in [0.29, 0.717) is 48.1 Å². The molecule has 3 rings (SSSR count). The van der Waals surface area contributed by atoms with Crippen LogP contribution in [0.15, 0.2) is 12.1 Å². The van der Waals surface area contributed by atoms with Gasteiger partial charge in [-0.05, 0) is 36.0 Å². The molecule has 2 atom stereocenters. The summed E-state index contributed by atoms with van der Waals surface area (Å²) in [6.45, 7) is 7.47. The second-order valence-electron chi connectivity index (χ2n) is 6.61. The lowest BCUT2D eigenvalue weighted by Gasteiger charge is -2.35. The number of fused-ring (bicyclic) bond motifs is 1. The summed E-state index contributed by atoms with van der Waals surface area (Å²) < 4.78 is 11.1. The number of likely N-dealkylation sites (tertiary alicyclic amines) is 1. The van der Waals surface area contributed by atoms with Gasteiger partial charge in [-0.1, -0.05) is 25.4 Å². The fourth-order valence-electron chi connectivity index (χ4n) is 3.38. The molecule has 2 heterocycles. The standard InChI is InChI=1S/C17H23ClN2O3/c1-11-5-12(2)10-20(9-11)17(21)19-8-13-6-14(18)16-15(7-13)22-3-4-23-16/h6-7,11-12H,3-5,8-10H2,1-2H3,(H,19,21). The first-order valence-corrected chi connectivity index (χ1v) is 8.51. The Bertz CT molecular complexity index is 583. The summed E-state index contributed by atoms with van der Waals surface area (Å²) in [4.78, 5) is 14.3. The van der Waals surface area contributed by atoms with Gasteiger partial charge in [-0.25, -0.2) is 4.79 Å². The van der Waals surface area contributed by atoms with E-state index < -0.39 is 0 Å². The largest absolute Gasteiger partial charge is 0.486 e. The highest BCUT2D eigenvalue weighted by atomic mass is 35.5. The van der Waals surface area contributed by atoms with E-state index in [9.17, 15) is 4.79 Å². The molecule has 0 aromatic heterocycles. The third-order valence-corrected chi connectivity index (χ3v) is 4.54. The number of piperidine rings is 1. The predicted octanol–water partition coefficient (Wildman–Crippen LogP) is 3.30. The van der Waals surface area contributed by atoms with Crippen molar-refractivity contribution < 1.29 is 14.3 Å². The zero-order chi connectivity index (χ0) is 16.4. The Balaban J connectivity index is 1.62. The molecule has 23 heavy (non-hydrogen) atoms. The summed E-state index contributed by atoms with van der Waals surface area (Å²) in [6.07, 6.45) is 1.18. The Hall–Kier alpha value is -1.62. The topological polar surface area (TPSA) is 50.8 Å². The molecule has 0 saturated carbocycles. The van der Waals surface area contributed by atoms with Gasteiger partial charge in [0, 0.05) is 19.6 Å². The number of benzene rings is 1. The highest BCUT2D eigenvalue weighted by Gasteiger charge is 2.25. The number of rotatable bonds is 2. The molecule has 1 saturated heterocycles. The minimum Gasteiger partial charge on any atom is -0.486 e. The zero-order valence-corrected chi connectivity index (χ0v) is 14.4. The van der Waals surface area contributed by atoms with Gasteiger partial charge in [0.2, 0.25) is 0 Å². The number of carbonyl (C=O) groups excluding carboxylic acids is 1. The molecule has 2 aliphatic heterocycles. The average molecular weight is 339 g/mol. The van der Waals surface area contributed by atoms with Crippen LogP contribution >= 0.6 is 11.6 Å². The number of urea groups is 1. The number of hydrogen-bond donors (Lipinski definition) is 1. The maximum absolute atomic E-state index is 12.4. The van der Waals surface area contributed by atoms with Gasteiger partial charge in [-0.3, -0.25) is 0 Å². The van der Waals surface area contributed by atoms with E-state index >= 15 is 0 Å². The molecular weight excluding hydrogens is 316 g/mol. The average Bonchev–Trinajstić information content (AvgIpc) is 2.52. The summed E-state index contributed by atoms with van der Waals surface area (Å²) in [5, 5.41) is 3.50. The Kier molecular flexibility index (Phi) is 4.85. The molecule has 2 amide bonds. The molecule has 126 valence electrons. The lowest BCUT2D eigenvalue weighted by Crippen LogP contribution is -2.47. The van der Waals surface area contributed by atoms with Crippen LogP contribution in [0.4, 0.5) is 4.79 Å². The van der Waals surface area contributed by atoms with E-state index in [1.54, 1.807) is 0 Å². The van der Waals surface area contributed by atoms with E-state index in [0.717, 1.165) is 18.7 Å². The number of hydrogen-bond acceptors (Lipinski definition) is 3. The van der Waals surface area contributed by atoms with Crippen LogP contribution in [0.2, 0.25) is 5.02 Å². The third-order valence-electron chi connectivity index (χ3n) is 4.26. The lowest BCUT2D eigenvalue weighted by atomic mass is 9.92. The van der Waals surface area contributed by atoms with Crippen LogP contribution < -0.4 is 14.8 Å². The first kappa shape index (κ1) is 16.2. The summed E-state index contributed by atoms with van der Waals surface area (Å²) >= 11 is 6.22. The van der Waals surface area contributed by atoms with Crippen LogP contribution in [0.25, 0.3) is 0 Å². The molecule has 1 aromatic rings. The van der Waals surface area contributed by atoms with Crippen molar-refractivity contribution in [2.45, 2.75) is 26.8 Å². The van der Waals surface area contributed by atoms with Gasteiger partial charge < -0.3 is 19.7 Å². The predicted molar refractivity (Wildman–Crippen MR) is 89.2 cm³/mol. The maximum Gasteiger partial charge on any atom is 0.317 e. The first-order valence-electron chi connectivity index (χ1n) is 8.13. The van der Waals surface area contributed by atoms with Gasteiger partial charge in [0.1, 0.15) is 13.2 Å². The molecule has 2 aliphatic rings. The van der Waals surface area contributed by atoms with Crippen LogP contribution in [0.1, 0.15) is 25.8 Å². The first-order chi connectivity index (χ1) is 11.0. The number of amides is 2. The molecule has 5 nitrogen and oxygen atoms in total. The van der Waals surface area contributed by atoms with Crippen LogP contribution in [0.5, 0.6) is 11.5 Å². The quantitative estimate of drug-likeness (QED) is 0.900. The lowest BCUT2D eigenvalue weighted by molar-refractivity contribution is 0.146. The van der Waals surface area contributed by atoms with Crippen molar-refractivity contribution in [3.05, 3.63) is 22.7 Å². The zero-order valence-electron chi connectivity index (χ0n) is 13.6. The third kappa shape index (κ3) is 3.83. The summed E-state index contributed by atoms with van der Waals surface area (Å²) in [5.74, 6) is 2.33. The molecule has 0 spiro atoms. The number of carbonyl (C=O) groups is 1. The normalized spacial score (nSPS) is 23.5. The van der Waals surface area contributed by atoms with Crippen molar-refractivity contribution in [1.29, 1.82) is 0 Å². The van der Waals surface area contributed by atoms with E-state index in [4.69, 9.17) is 21.1 Å². The minimum atomic E-state index is -0.0191. The second kappa shape index (κ2) is 6.87. The monoisotopic (exact) mass is 338 g/mol. The van der Waals surface area contributed by atoms with Crippen LogP contribution in [0.3, 0.4) is 0 Å². The number of halogens is 1. The molecule has 1 N–H and O–H groups in total. The Morgan fingerprint density at radius 1 is 1.26 bits per heavy atom. The van der Waals surface area contributed by atoms with Crippen molar-refractivity contribution >= 4 is 17.6 Å². The van der Waals surface area contributed by atoms with Gasteiger partial charge in [-0.15, -0.1) is 0 Å². The van der Waals surface area contributed by atoms with Gasteiger partial charge in [0.25, 0.3) is 0 Å². The number of ether oxygens (including phenoxy) is 2. The summed E-state index contributed by atoms with van der Waals surface area (Å²) in [6, 6.07) is 3.67. The molecule has 0 radical (unpaired) electrons. The Morgan fingerprint density at radius 3 is 2.70 bits per heavy atom. The molecule has 1 fully saturated rings. The highest BCUT2D eigenvalue weighted by Crippen LogP contribution is 2.38. The summed E-state index contributed by atoms with van der Waals surface area (Å²) in [7, 11) is 0. The van der Waals surface area contributed by atoms with Crippen molar-refractivity contribution in [2.24, 2.45) is 11.8 Å². The Morgan fingerprint density at radius 2 is 1.96 bits per heavy atom. The maximum atomic E-state index is 12.4. The van der Waals surface area contributed by atoms with Crippen molar-refractivity contribution in [2.75, 3.05) is 26.3 Å². The summed E-state index contributed by atoms with van der Waals surface area (Å²) in [5.41, 5.74) is 0.908. The fourth-order valence-corrected chi connectivity index (χ4v) is 3.67.